The molecule has 0 bridgehead atoms. The number of nitrogens with one attached hydrogen (secondary N) is 3. The number of hydrogen-bond donors (Lipinski definition) is 4. The van der Waals surface area contributed by atoms with Crippen LogP contribution in [0.25, 0.3) is 0 Å². The first-order chi connectivity index (χ1) is 17.3. The van der Waals surface area contributed by atoms with Crippen molar-refractivity contribution in [3.8, 4) is 0 Å². The van der Waals surface area contributed by atoms with E-state index in [4.69, 9.17) is 0 Å². The summed E-state index contributed by atoms with van der Waals surface area (Å²) in [4.78, 5) is 65.6. The molecule has 4 amide bonds. The number of aryl methyl sites for hydroxylation is 1. The summed E-state index contributed by atoms with van der Waals surface area (Å²) in [7, 11) is 0. The standard InChI is InChI=1S/C26H34N4O6/c1-15-6-2-3-10-19(15)28-25(35)26(36)30-13-17-7-4-9-18(17)22(30)24(34)29-20(21(32)14-31)12-16-8-5-11-27-23(16)33/h2-3,6,10,16-18,20,22,31H,4-5,7-9,11-14H2,1H3,(H,27,33)(H,28,35)(H,29,34)/t16?,17-,18-,20-,22-/m0/s1. The molecule has 0 spiro atoms. The second-order valence-electron chi connectivity index (χ2n) is 10.1. The summed E-state index contributed by atoms with van der Waals surface area (Å²) >= 11 is 0. The average molecular weight is 499 g/mol. The van der Waals surface area contributed by atoms with Crippen LogP contribution in [0.3, 0.4) is 0 Å². The van der Waals surface area contributed by atoms with Gasteiger partial charge < -0.3 is 26.0 Å². The molecule has 2 heterocycles. The first-order valence-electron chi connectivity index (χ1n) is 12.7. The number of anilines is 1. The number of aliphatic hydroxyl groups is 1. The van der Waals surface area contributed by atoms with Crippen LogP contribution in [-0.4, -0.2) is 71.2 Å². The molecule has 4 N–H and O–H groups in total. The molecule has 2 aliphatic heterocycles. The Hall–Kier alpha value is -3.27. The van der Waals surface area contributed by atoms with Gasteiger partial charge in [-0.15, -0.1) is 0 Å². The third-order valence-corrected chi connectivity index (χ3v) is 7.79. The molecule has 1 unspecified atom stereocenters. The Kier molecular flexibility index (Phi) is 8.03. The summed E-state index contributed by atoms with van der Waals surface area (Å²) in [6, 6.07) is 5.18. The molecule has 0 radical (unpaired) electrons. The molecule has 3 fully saturated rings. The molecule has 194 valence electrons. The van der Waals surface area contributed by atoms with Gasteiger partial charge in [0.05, 0.1) is 6.04 Å². The number of Topliss-reactive ketones (excluding diaryl/α,β-unsaturated/α-hetero) is 1. The number of piperidine rings is 1. The monoisotopic (exact) mass is 498 g/mol. The fourth-order valence-electron chi connectivity index (χ4n) is 5.85. The first-order valence-corrected chi connectivity index (χ1v) is 12.7. The molecule has 1 saturated carbocycles. The Morgan fingerprint density at radius 3 is 2.64 bits per heavy atom. The zero-order valence-electron chi connectivity index (χ0n) is 20.5. The number of hydrogen-bond acceptors (Lipinski definition) is 6. The molecule has 10 nitrogen and oxygen atoms in total. The number of amides is 4. The maximum atomic E-state index is 13.5. The van der Waals surface area contributed by atoms with Gasteiger partial charge in [-0.05, 0) is 62.5 Å². The van der Waals surface area contributed by atoms with E-state index in [2.05, 4.69) is 16.0 Å². The van der Waals surface area contributed by atoms with E-state index < -0.39 is 48.1 Å². The second-order valence-corrected chi connectivity index (χ2v) is 10.1. The smallest absolute Gasteiger partial charge is 0.313 e. The number of nitrogens with zero attached hydrogens (tertiary/aromatic N) is 1. The van der Waals surface area contributed by atoms with Crippen LogP contribution in [0, 0.1) is 24.7 Å². The lowest BCUT2D eigenvalue weighted by Crippen LogP contribution is -2.55. The van der Waals surface area contributed by atoms with Crippen LogP contribution in [0.15, 0.2) is 24.3 Å². The van der Waals surface area contributed by atoms with Crippen molar-refractivity contribution >= 4 is 35.1 Å². The van der Waals surface area contributed by atoms with Crippen molar-refractivity contribution in [3.05, 3.63) is 29.8 Å². The number of carbonyl (C=O) groups is 5. The van der Waals surface area contributed by atoms with Gasteiger partial charge in [-0.3, -0.25) is 24.0 Å². The Balaban J connectivity index is 1.50. The van der Waals surface area contributed by atoms with Gasteiger partial charge in [0.15, 0.2) is 5.78 Å². The Labute approximate surface area is 210 Å². The van der Waals surface area contributed by atoms with Gasteiger partial charge in [0, 0.05) is 24.7 Å². The molecule has 1 aromatic rings. The minimum absolute atomic E-state index is 0.0828. The highest BCUT2D eigenvalue weighted by molar-refractivity contribution is 6.40. The predicted octanol–water partition coefficient (Wildman–Crippen LogP) is 0.523. The molecule has 5 atom stereocenters. The average Bonchev–Trinajstić information content (AvgIpc) is 3.46. The number of carbonyl (C=O) groups excluding carboxylic acids is 5. The van der Waals surface area contributed by atoms with Crippen molar-refractivity contribution in [1.82, 2.24) is 15.5 Å². The minimum Gasteiger partial charge on any atom is -0.389 e. The summed E-state index contributed by atoms with van der Waals surface area (Å²) in [5.74, 6) is -3.33. The Bertz CT molecular complexity index is 1040. The van der Waals surface area contributed by atoms with Crippen molar-refractivity contribution in [2.45, 2.75) is 57.5 Å². The van der Waals surface area contributed by atoms with E-state index in [0.29, 0.717) is 25.2 Å². The quantitative estimate of drug-likeness (QED) is 0.404. The van der Waals surface area contributed by atoms with Crippen molar-refractivity contribution in [2.75, 3.05) is 25.0 Å². The van der Waals surface area contributed by atoms with E-state index in [0.717, 1.165) is 31.2 Å². The zero-order valence-corrected chi connectivity index (χ0v) is 20.5. The third kappa shape index (κ3) is 5.43. The van der Waals surface area contributed by atoms with Crippen molar-refractivity contribution in [1.29, 1.82) is 0 Å². The van der Waals surface area contributed by atoms with E-state index in [1.807, 2.05) is 19.1 Å². The van der Waals surface area contributed by atoms with Crippen LogP contribution >= 0.6 is 0 Å². The molecule has 1 aromatic carbocycles. The number of benzene rings is 1. The summed E-state index contributed by atoms with van der Waals surface area (Å²) in [5.41, 5.74) is 1.33. The highest BCUT2D eigenvalue weighted by Gasteiger charge is 2.51. The van der Waals surface area contributed by atoms with Crippen LogP contribution in [0.2, 0.25) is 0 Å². The van der Waals surface area contributed by atoms with Gasteiger partial charge in [-0.25, -0.2) is 0 Å². The van der Waals surface area contributed by atoms with Gasteiger partial charge in [0.25, 0.3) is 0 Å². The van der Waals surface area contributed by atoms with E-state index in [1.54, 1.807) is 12.1 Å². The minimum atomic E-state index is -1.05. The Morgan fingerprint density at radius 2 is 1.92 bits per heavy atom. The summed E-state index contributed by atoms with van der Waals surface area (Å²) < 4.78 is 0. The van der Waals surface area contributed by atoms with Gasteiger partial charge in [0.1, 0.15) is 12.6 Å². The molecular formula is C26H34N4O6. The van der Waals surface area contributed by atoms with Gasteiger partial charge in [-0.2, -0.15) is 0 Å². The molecule has 0 aromatic heterocycles. The number of para-hydroxylation sites is 1. The van der Waals surface area contributed by atoms with Crippen LogP contribution in [0.1, 0.15) is 44.1 Å². The fraction of sp³-hybridized carbons (Fsp3) is 0.577. The number of rotatable bonds is 7. The highest BCUT2D eigenvalue weighted by Crippen LogP contribution is 2.42. The largest absolute Gasteiger partial charge is 0.389 e. The van der Waals surface area contributed by atoms with Gasteiger partial charge >= 0.3 is 11.8 Å². The molecule has 4 rings (SSSR count). The fourth-order valence-corrected chi connectivity index (χ4v) is 5.85. The maximum absolute atomic E-state index is 13.5. The topological polar surface area (TPSA) is 145 Å². The lowest BCUT2D eigenvalue weighted by molar-refractivity contribution is -0.147. The summed E-state index contributed by atoms with van der Waals surface area (Å²) in [5, 5.41) is 17.6. The zero-order chi connectivity index (χ0) is 25.8. The molecule has 36 heavy (non-hydrogen) atoms. The van der Waals surface area contributed by atoms with Gasteiger partial charge in [0.2, 0.25) is 11.8 Å². The second kappa shape index (κ2) is 11.2. The van der Waals surface area contributed by atoms with E-state index in [-0.39, 0.29) is 24.2 Å². The van der Waals surface area contributed by atoms with Crippen LogP contribution in [-0.2, 0) is 24.0 Å². The highest BCUT2D eigenvalue weighted by atomic mass is 16.3. The van der Waals surface area contributed by atoms with Gasteiger partial charge in [-0.1, -0.05) is 24.6 Å². The number of aliphatic hydroxyl groups excluding tert-OH is 1. The summed E-state index contributed by atoms with van der Waals surface area (Å²) in [6.07, 6.45) is 3.98. The van der Waals surface area contributed by atoms with Crippen molar-refractivity contribution < 1.29 is 29.1 Å². The molecule has 3 aliphatic rings. The van der Waals surface area contributed by atoms with Crippen LogP contribution < -0.4 is 16.0 Å². The SMILES string of the molecule is Cc1ccccc1NC(=O)C(=O)N1C[C@@H]2CCC[C@@H]2[C@H]1C(=O)N[C@@H](CC1CCCNC1=O)C(=O)CO. The number of likely N-dealkylation sites (tertiary alicyclic amines) is 1. The molecule has 10 heteroatoms. The first kappa shape index (κ1) is 25.8. The third-order valence-electron chi connectivity index (χ3n) is 7.79. The lowest BCUT2D eigenvalue weighted by atomic mass is 9.89. The summed E-state index contributed by atoms with van der Waals surface area (Å²) in [6.45, 7) is 1.93. The van der Waals surface area contributed by atoms with E-state index >= 15 is 0 Å². The molecular weight excluding hydrogens is 464 g/mol. The normalized spacial score (nSPS) is 26.1. The predicted molar refractivity (Wildman–Crippen MR) is 131 cm³/mol. The number of fused-ring (bicyclic) bond motifs is 1. The molecule has 1 aliphatic carbocycles. The van der Waals surface area contributed by atoms with Crippen molar-refractivity contribution in [3.63, 3.8) is 0 Å². The van der Waals surface area contributed by atoms with E-state index in [9.17, 15) is 29.1 Å². The number of ketones is 1. The van der Waals surface area contributed by atoms with E-state index in [1.165, 1.54) is 4.90 Å². The van der Waals surface area contributed by atoms with Crippen LogP contribution in [0.4, 0.5) is 5.69 Å². The lowest BCUT2D eigenvalue weighted by Gasteiger charge is -2.30. The Morgan fingerprint density at radius 1 is 1.14 bits per heavy atom. The van der Waals surface area contributed by atoms with Crippen molar-refractivity contribution in [2.24, 2.45) is 17.8 Å². The maximum Gasteiger partial charge on any atom is 0.313 e. The van der Waals surface area contributed by atoms with Crippen LogP contribution in [0.5, 0.6) is 0 Å². The molecule has 2 saturated heterocycles.